The van der Waals surface area contributed by atoms with Crippen molar-refractivity contribution in [1.29, 1.82) is 0 Å². The third-order valence-electron chi connectivity index (χ3n) is 1.53. The lowest BCUT2D eigenvalue weighted by atomic mass is 10.5. The van der Waals surface area contributed by atoms with E-state index in [9.17, 15) is 4.57 Å². The lowest BCUT2D eigenvalue weighted by Crippen LogP contribution is -1.98. The summed E-state index contributed by atoms with van der Waals surface area (Å²) in [5, 5.41) is 9.43. The third-order valence-corrected chi connectivity index (χ3v) is 3.87. The molecule has 78 valence electrons. The Morgan fingerprint density at radius 3 is 1.85 bits per heavy atom. The van der Waals surface area contributed by atoms with Gasteiger partial charge in [0.2, 0.25) is 0 Å². The molecule has 0 fully saturated rings. The van der Waals surface area contributed by atoms with Gasteiger partial charge in [0.05, 0.1) is 18.5 Å². The van der Waals surface area contributed by atoms with Gasteiger partial charge in [0.15, 0.2) is 0 Å². The molecule has 0 rings (SSSR count). The summed E-state index contributed by atoms with van der Waals surface area (Å²) in [5.41, 5.74) is 0. The summed E-state index contributed by atoms with van der Waals surface area (Å²) in [4.78, 5) is 0. The second-order valence-corrected chi connectivity index (χ2v) is 4.69. The van der Waals surface area contributed by atoms with E-state index in [1.165, 1.54) is 6.92 Å². The SMILES string of the molecule is CCOP(=O)(OCC)/C(C)=C(/C)O. The highest BCUT2D eigenvalue weighted by Crippen LogP contribution is 2.56. The average Bonchev–Trinajstić information content (AvgIpc) is 2.03. The fourth-order valence-electron chi connectivity index (χ4n) is 0.769. The number of allylic oxidation sites excluding steroid dienone is 2. The van der Waals surface area contributed by atoms with Crippen LogP contribution in [-0.2, 0) is 13.6 Å². The van der Waals surface area contributed by atoms with E-state index in [4.69, 9.17) is 14.2 Å². The highest BCUT2D eigenvalue weighted by molar-refractivity contribution is 7.58. The van der Waals surface area contributed by atoms with Crippen molar-refractivity contribution < 1.29 is 18.7 Å². The summed E-state index contributed by atoms with van der Waals surface area (Å²) < 4.78 is 21.9. The second kappa shape index (κ2) is 5.43. The number of hydrogen-bond donors (Lipinski definition) is 1. The first-order valence-corrected chi connectivity index (χ1v) is 5.78. The zero-order valence-electron chi connectivity index (χ0n) is 8.53. The Morgan fingerprint density at radius 1 is 1.23 bits per heavy atom. The lowest BCUT2D eigenvalue weighted by Gasteiger charge is -2.17. The van der Waals surface area contributed by atoms with Gasteiger partial charge in [-0.05, 0) is 27.7 Å². The molecular formula is C8H17O4P. The van der Waals surface area contributed by atoms with E-state index < -0.39 is 7.60 Å². The minimum Gasteiger partial charge on any atom is -0.512 e. The molecule has 0 amide bonds. The van der Waals surface area contributed by atoms with Crippen molar-refractivity contribution in [3.63, 3.8) is 0 Å². The molecule has 5 heteroatoms. The molecule has 0 heterocycles. The second-order valence-electron chi connectivity index (χ2n) is 2.50. The smallest absolute Gasteiger partial charge is 0.360 e. The van der Waals surface area contributed by atoms with Gasteiger partial charge in [-0.15, -0.1) is 0 Å². The largest absolute Gasteiger partial charge is 0.512 e. The van der Waals surface area contributed by atoms with Crippen molar-refractivity contribution in [1.82, 2.24) is 0 Å². The normalized spacial score (nSPS) is 14.2. The van der Waals surface area contributed by atoms with E-state index in [1.807, 2.05) is 0 Å². The molecule has 1 N–H and O–H groups in total. The summed E-state index contributed by atoms with van der Waals surface area (Å²) in [6.07, 6.45) is 0. The van der Waals surface area contributed by atoms with Crippen LogP contribution in [0.5, 0.6) is 0 Å². The standard InChI is InChI=1S/C8H17O4P/c1-5-11-13(10,12-6-2)8(4)7(3)9/h9H,5-6H2,1-4H3/b8-7-. The maximum absolute atomic E-state index is 11.9. The molecule has 0 saturated heterocycles. The van der Waals surface area contributed by atoms with Crippen LogP contribution in [0, 0.1) is 0 Å². The van der Waals surface area contributed by atoms with Crippen molar-refractivity contribution in [3.8, 4) is 0 Å². The van der Waals surface area contributed by atoms with E-state index in [0.29, 0.717) is 13.2 Å². The predicted molar refractivity (Wildman–Crippen MR) is 51.9 cm³/mol. The highest BCUT2D eigenvalue weighted by Gasteiger charge is 2.27. The molecule has 0 radical (unpaired) electrons. The molecule has 0 aliphatic heterocycles. The number of aliphatic hydroxyl groups is 1. The van der Waals surface area contributed by atoms with Crippen LogP contribution in [-0.4, -0.2) is 18.3 Å². The van der Waals surface area contributed by atoms with Gasteiger partial charge in [-0.1, -0.05) is 0 Å². The molecule has 0 spiro atoms. The number of aliphatic hydroxyl groups excluding tert-OH is 1. The van der Waals surface area contributed by atoms with E-state index in [0.717, 1.165) is 0 Å². The predicted octanol–water partition coefficient (Wildman–Crippen LogP) is 3.06. The van der Waals surface area contributed by atoms with E-state index in [-0.39, 0.29) is 11.1 Å². The fraction of sp³-hybridized carbons (Fsp3) is 0.750. The average molecular weight is 208 g/mol. The van der Waals surface area contributed by atoms with E-state index >= 15 is 0 Å². The van der Waals surface area contributed by atoms with Gasteiger partial charge >= 0.3 is 7.60 Å². The number of hydrogen-bond acceptors (Lipinski definition) is 4. The van der Waals surface area contributed by atoms with Crippen LogP contribution in [0.2, 0.25) is 0 Å². The Bertz CT molecular complexity index is 220. The van der Waals surface area contributed by atoms with Gasteiger partial charge in [-0.3, -0.25) is 4.57 Å². The summed E-state index contributed by atoms with van der Waals surface area (Å²) in [5.74, 6) is -0.00904. The van der Waals surface area contributed by atoms with Crippen LogP contribution in [0.15, 0.2) is 11.1 Å². The number of rotatable bonds is 5. The monoisotopic (exact) mass is 208 g/mol. The van der Waals surface area contributed by atoms with E-state index in [2.05, 4.69) is 0 Å². The van der Waals surface area contributed by atoms with Crippen LogP contribution < -0.4 is 0 Å². The maximum atomic E-state index is 11.9. The molecule has 0 aliphatic carbocycles. The zero-order chi connectivity index (χ0) is 10.5. The summed E-state index contributed by atoms with van der Waals surface area (Å²) in [6.45, 7) is 7.04. The van der Waals surface area contributed by atoms with Crippen molar-refractivity contribution in [2.24, 2.45) is 0 Å². The van der Waals surface area contributed by atoms with Crippen LogP contribution in [0.25, 0.3) is 0 Å². The summed E-state index contributed by atoms with van der Waals surface area (Å²) in [7, 11) is -3.24. The maximum Gasteiger partial charge on any atom is 0.360 e. The first kappa shape index (κ1) is 12.7. The van der Waals surface area contributed by atoms with Crippen LogP contribution in [0.3, 0.4) is 0 Å². The molecule has 0 atom stereocenters. The van der Waals surface area contributed by atoms with Gasteiger partial charge < -0.3 is 14.2 Å². The highest BCUT2D eigenvalue weighted by atomic mass is 31.2. The van der Waals surface area contributed by atoms with Crippen molar-refractivity contribution >= 4 is 7.60 Å². The molecule has 0 aromatic rings. The van der Waals surface area contributed by atoms with Crippen molar-refractivity contribution in [2.75, 3.05) is 13.2 Å². The van der Waals surface area contributed by atoms with Crippen LogP contribution >= 0.6 is 7.60 Å². The fourth-order valence-corrected chi connectivity index (χ4v) is 2.31. The van der Waals surface area contributed by atoms with Gasteiger partial charge in [0.1, 0.15) is 5.76 Å². The molecule has 0 aromatic heterocycles. The van der Waals surface area contributed by atoms with Crippen molar-refractivity contribution in [3.05, 3.63) is 11.1 Å². The Morgan fingerprint density at radius 2 is 1.62 bits per heavy atom. The molecular weight excluding hydrogens is 191 g/mol. The Labute approximate surface area is 79.1 Å². The van der Waals surface area contributed by atoms with Gasteiger partial charge in [0, 0.05) is 0 Å². The summed E-state index contributed by atoms with van der Waals surface area (Å²) >= 11 is 0. The molecule has 13 heavy (non-hydrogen) atoms. The van der Waals surface area contributed by atoms with E-state index in [1.54, 1.807) is 20.8 Å². The molecule has 0 bridgehead atoms. The molecule has 0 aliphatic rings. The summed E-state index contributed by atoms with van der Waals surface area (Å²) in [6, 6.07) is 0. The lowest BCUT2D eigenvalue weighted by molar-refractivity contribution is 0.224. The van der Waals surface area contributed by atoms with Gasteiger partial charge in [0.25, 0.3) is 0 Å². The van der Waals surface area contributed by atoms with Crippen LogP contribution in [0.1, 0.15) is 27.7 Å². The molecule has 4 nitrogen and oxygen atoms in total. The Balaban J connectivity index is 4.79. The minimum absolute atomic E-state index is 0.00904. The van der Waals surface area contributed by atoms with Gasteiger partial charge in [-0.2, -0.15) is 0 Å². The first-order valence-electron chi connectivity index (χ1n) is 4.24. The topological polar surface area (TPSA) is 55.8 Å². The Kier molecular flexibility index (Phi) is 5.30. The Hall–Kier alpha value is -0.310. The molecule has 0 unspecified atom stereocenters. The molecule has 0 aromatic carbocycles. The molecule has 0 saturated carbocycles. The first-order chi connectivity index (χ1) is 5.98. The quantitative estimate of drug-likeness (QED) is 0.557. The third kappa shape index (κ3) is 3.51. The van der Waals surface area contributed by atoms with Crippen molar-refractivity contribution in [2.45, 2.75) is 27.7 Å². The minimum atomic E-state index is -3.24. The zero-order valence-corrected chi connectivity index (χ0v) is 9.43. The van der Waals surface area contributed by atoms with Crippen LogP contribution in [0.4, 0.5) is 0 Å². The van der Waals surface area contributed by atoms with Gasteiger partial charge in [-0.25, -0.2) is 0 Å².